The molecule has 1 aromatic carbocycles. The summed E-state index contributed by atoms with van der Waals surface area (Å²) in [5.74, 6) is 1.48. The number of amides is 1. The molecule has 1 aliphatic heterocycles. The first-order valence-electron chi connectivity index (χ1n) is 10.5. The number of pyridine rings is 1. The highest BCUT2D eigenvalue weighted by Crippen LogP contribution is 2.33. The zero-order chi connectivity index (χ0) is 19.6. The summed E-state index contributed by atoms with van der Waals surface area (Å²) in [6, 6.07) is 13.9. The zero-order valence-corrected chi connectivity index (χ0v) is 16.4. The maximum Gasteiger partial charge on any atom is 0.241 e. The van der Waals surface area contributed by atoms with E-state index in [0.29, 0.717) is 18.6 Å². The Labute approximate surface area is 170 Å². The predicted octanol–water partition coefficient (Wildman–Crippen LogP) is 3.77. The smallest absolute Gasteiger partial charge is 0.241 e. The van der Waals surface area contributed by atoms with Gasteiger partial charge in [-0.2, -0.15) is 0 Å². The molecule has 6 nitrogen and oxygen atoms in total. The third kappa shape index (κ3) is 3.98. The van der Waals surface area contributed by atoms with Gasteiger partial charge in [-0.25, -0.2) is 4.98 Å². The van der Waals surface area contributed by atoms with Gasteiger partial charge in [0.1, 0.15) is 18.0 Å². The summed E-state index contributed by atoms with van der Waals surface area (Å²) in [7, 11) is 0. The van der Waals surface area contributed by atoms with Crippen molar-refractivity contribution in [2.75, 3.05) is 5.32 Å². The van der Waals surface area contributed by atoms with Crippen LogP contribution in [-0.2, 0) is 11.4 Å². The predicted molar refractivity (Wildman–Crippen MR) is 112 cm³/mol. The van der Waals surface area contributed by atoms with Gasteiger partial charge in [0.25, 0.3) is 0 Å². The van der Waals surface area contributed by atoms with Crippen LogP contribution in [0.15, 0.2) is 54.9 Å². The van der Waals surface area contributed by atoms with Crippen molar-refractivity contribution in [2.24, 2.45) is 5.92 Å². The van der Waals surface area contributed by atoms with Gasteiger partial charge in [0.2, 0.25) is 5.91 Å². The van der Waals surface area contributed by atoms with Crippen LogP contribution in [0.25, 0.3) is 5.65 Å². The SMILES string of the molecule is O=C(Nc1ccc(OCc2cn3ccccc3n2)cc1)C1CC2CCCCC2N1. The van der Waals surface area contributed by atoms with E-state index in [2.05, 4.69) is 15.6 Å². The molecule has 150 valence electrons. The van der Waals surface area contributed by atoms with Crippen molar-refractivity contribution in [3.63, 3.8) is 0 Å². The highest BCUT2D eigenvalue weighted by molar-refractivity contribution is 5.95. The number of rotatable bonds is 5. The van der Waals surface area contributed by atoms with Gasteiger partial charge in [0.05, 0.1) is 11.7 Å². The number of hydrogen-bond acceptors (Lipinski definition) is 4. The molecule has 1 amide bonds. The molecular weight excluding hydrogens is 364 g/mol. The minimum atomic E-state index is -0.0749. The van der Waals surface area contributed by atoms with Gasteiger partial charge in [0.15, 0.2) is 0 Å². The number of ether oxygens (including phenoxy) is 1. The second kappa shape index (κ2) is 7.87. The monoisotopic (exact) mass is 390 g/mol. The van der Waals surface area contributed by atoms with Crippen LogP contribution in [0, 0.1) is 5.92 Å². The van der Waals surface area contributed by atoms with Gasteiger partial charge in [-0.3, -0.25) is 4.79 Å². The lowest BCUT2D eigenvalue weighted by Gasteiger charge is -2.24. The van der Waals surface area contributed by atoms with Crippen LogP contribution in [0.5, 0.6) is 5.75 Å². The molecule has 3 aromatic rings. The molecule has 0 radical (unpaired) electrons. The standard InChI is InChI=1S/C23H26N4O2/c28-23(21-13-16-5-1-2-6-20(16)26-21)25-17-8-10-19(11-9-17)29-15-18-14-27-12-4-3-7-22(27)24-18/h3-4,7-12,14,16,20-21,26H,1-2,5-6,13,15H2,(H,25,28). The third-order valence-electron chi connectivity index (χ3n) is 6.10. The molecule has 6 heteroatoms. The molecule has 5 rings (SSSR count). The minimum Gasteiger partial charge on any atom is -0.487 e. The van der Waals surface area contributed by atoms with Crippen molar-refractivity contribution in [3.8, 4) is 5.75 Å². The lowest BCUT2D eigenvalue weighted by atomic mass is 9.85. The maximum absolute atomic E-state index is 12.6. The molecule has 3 atom stereocenters. The fourth-order valence-electron chi connectivity index (χ4n) is 4.60. The Morgan fingerprint density at radius 1 is 1.17 bits per heavy atom. The number of imidazole rings is 1. The summed E-state index contributed by atoms with van der Waals surface area (Å²) in [6.45, 7) is 0.405. The zero-order valence-electron chi connectivity index (χ0n) is 16.4. The van der Waals surface area contributed by atoms with E-state index in [1.54, 1.807) is 0 Å². The average molecular weight is 390 g/mol. The third-order valence-corrected chi connectivity index (χ3v) is 6.10. The molecule has 2 fully saturated rings. The molecule has 2 N–H and O–H groups in total. The Balaban J connectivity index is 1.15. The first-order chi connectivity index (χ1) is 14.2. The molecule has 2 aromatic heterocycles. The van der Waals surface area contributed by atoms with Crippen molar-refractivity contribution in [3.05, 3.63) is 60.6 Å². The van der Waals surface area contributed by atoms with Gasteiger partial charge in [-0.15, -0.1) is 0 Å². The molecule has 3 unspecified atom stereocenters. The number of carbonyl (C=O) groups excluding carboxylic acids is 1. The van der Waals surface area contributed by atoms with Gasteiger partial charge in [-0.1, -0.05) is 18.9 Å². The summed E-state index contributed by atoms with van der Waals surface area (Å²) in [5, 5.41) is 6.57. The van der Waals surface area contributed by atoms with E-state index in [-0.39, 0.29) is 11.9 Å². The molecule has 0 spiro atoms. The van der Waals surface area contributed by atoms with E-state index in [4.69, 9.17) is 4.74 Å². The van der Waals surface area contributed by atoms with Crippen molar-refractivity contribution in [2.45, 2.75) is 50.8 Å². The Morgan fingerprint density at radius 2 is 2.03 bits per heavy atom. The molecule has 2 aliphatic rings. The summed E-state index contributed by atoms with van der Waals surface area (Å²) < 4.78 is 7.82. The molecule has 1 aliphatic carbocycles. The van der Waals surface area contributed by atoms with Crippen LogP contribution in [0.4, 0.5) is 5.69 Å². The van der Waals surface area contributed by atoms with E-state index >= 15 is 0 Å². The minimum absolute atomic E-state index is 0.0674. The first kappa shape index (κ1) is 18.2. The molecular formula is C23H26N4O2. The Kier molecular flexibility index (Phi) is 4.94. The van der Waals surface area contributed by atoms with Crippen LogP contribution in [0.3, 0.4) is 0 Å². The van der Waals surface area contributed by atoms with Crippen molar-refractivity contribution >= 4 is 17.2 Å². The molecule has 1 saturated heterocycles. The quantitative estimate of drug-likeness (QED) is 0.696. The number of nitrogens with zero attached hydrogens (tertiary/aromatic N) is 2. The number of aromatic nitrogens is 2. The van der Waals surface area contributed by atoms with E-state index < -0.39 is 0 Å². The second-order valence-electron chi connectivity index (χ2n) is 8.11. The van der Waals surface area contributed by atoms with Gasteiger partial charge < -0.3 is 19.8 Å². The Bertz CT molecular complexity index is 951. The summed E-state index contributed by atoms with van der Waals surface area (Å²) >= 11 is 0. The molecule has 29 heavy (non-hydrogen) atoms. The number of benzene rings is 1. The first-order valence-corrected chi connectivity index (χ1v) is 10.5. The Hall–Kier alpha value is -2.86. The van der Waals surface area contributed by atoms with E-state index in [1.807, 2.05) is 59.3 Å². The number of anilines is 1. The van der Waals surface area contributed by atoms with E-state index in [1.165, 1.54) is 25.7 Å². The highest BCUT2D eigenvalue weighted by atomic mass is 16.5. The maximum atomic E-state index is 12.6. The van der Waals surface area contributed by atoms with Gasteiger partial charge >= 0.3 is 0 Å². The summed E-state index contributed by atoms with van der Waals surface area (Å²) in [6.07, 6.45) is 9.92. The average Bonchev–Trinajstić information content (AvgIpc) is 3.37. The summed E-state index contributed by atoms with van der Waals surface area (Å²) in [5.41, 5.74) is 2.58. The lowest BCUT2D eigenvalue weighted by molar-refractivity contribution is -0.117. The Morgan fingerprint density at radius 3 is 2.86 bits per heavy atom. The number of nitrogens with one attached hydrogen (secondary N) is 2. The number of fused-ring (bicyclic) bond motifs is 2. The number of hydrogen-bond donors (Lipinski definition) is 2. The number of carbonyl (C=O) groups is 1. The molecule has 3 heterocycles. The fraction of sp³-hybridized carbons (Fsp3) is 0.391. The van der Waals surface area contributed by atoms with E-state index in [0.717, 1.165) is 29.2 Å². The molecule has 1 saturated carbocycles. The van der Waals surface area contributed by atoms with Gasteiger partial charge in [-0.05, 0) is 61.6 Å². The van der Waals surface area contributed by atoms with Crippen LogP contribution in [0.2, 0.25) is 0 Å². The normalized spacial score (nSPS) is 23.7. The fourth-order valence-corrected chi connectivity index (χ4v) is 4.60. The van der Waals surface area contributed by atoms with Crippen LogP contribution < -0.4 is 15.4 Å². The summed E-state index contributed by atoms with van der Waals surface area (Å²) in [4.78, 5) is 17.2. The van der Waals surface area contributed by atoms with Crippen LogP contribution in [0.1, 0.15) is 37.8 Å². The van der Waals surface area contributed by atoms with Gasteiger partial charge in [0, 0.05) is 24.1 Å². The van der Waals surface area contributed by atoms with E-state index in [9.17, 15) is 4.79 Å². The van der Waals surface area contributed by atoms with Crippen molar-refractivity contribution < 1.29 is 9.53 Å². The van der Waals surface area contributed by atoms with Crippen molar-refractivity contribution in [1.29, 1.82) is 0 Å². The topological polar surface area (TPSA) is 67.7 Å². The van der Waals surface area contributed by atoms with Crippen LogP contribution >= 0.6 is 0 Å². The molecule has 0 bridgehead atoms. The second-order valence-corrected chi connectivity index (χ2v) is 8.11. The van der Waals surface area contributed by atoms with Crippen LogP contribution in [-0.4, -0.2) is 27.4 Å². The largest absolute Gasteiger partial charge is 0.487 e. The highest BCUT2D eigenvalue weighted by Gasteiger charge is 2.38. The lowest BCUT2D eigenvalue weighted by Crippen LogP contribution is -2.39. The van der Waals surface area contributed by atoms with Crippen molar-refractivity contribution in [1.82, 2.24) is 14.7 Å².